The second-order valence-electron chi connectivity index (χ2n) is 2.40. The molecule has 0 bridgehead atoms. The average Bonchev–Trinajstić information content (AvgIpc) is 1.56. The highest BCUT2D eigenvalue weighted by atomic mass is 35.5. The van der Waals surface area contributed by atoms with Crippen LogP contribution in [-0.4, -0.2) is 8.67 Å². The van der Waals surface area contributed by atoms with Crippen LogP contribution in [0.3, 0.4) is 0 Å². The molecule has 10 heavy (non-hydrogen) atoms. The highest BCUT2D eigenvalue weighted by Gasteiger charge is 2.37. The van der Waals surface area contributed by atoms with Crippen molar-refractivity contribution in [2.45, 2.75) is 21.5 Å². The van der Waals surface area contributed by atoms with E-state index in [1.165, 1.54) is 0 Å². The van der Waals surface area contributed by atoms with Gasteiger partial charge in [0.05, 0.1) is 0 Å². The molecule has 1 aliphatic rings. The van der Waals surface area contributed by atoms with E-state index in [1.54, 1.807) is 12.2 Å². The summed E-state index contributed by atoms with van der Waals surface area (Å²) in [6.45, 7) is 0. The van der Waals surface area contributed by atoms with Crippen molar-refractivity contribution in [1.29, 1.82) is 0 Å². The number of hydrogen-bond acceptors (Lipinski definition) is 0. The first kappa shape index (κ1) is 8.99. The molecule has 1 rings (SSSR count). The van der Waals surface area contributed by atoms with Gasteiger partial charge in [-0.05, 0) is 6.42 Å². The summed E-state index contributed by atoms with van der Waals surface area (Å²) >= 11 is 23.1. The Morgan fingerprint density at radius 3 is 2.00 bits per heavy atom. The smallest absolute Gasteiger partial charge is 0.101 e. The lowest BCUT2D eigenvalue weighted by molar-refractivity contribution is 0.656. The van der Waals surface area contributed by atoms with E-state index in [1.807, 2.05) is 0 Å². The largest absolute Gasteiger partial charge is 0.139 e. The van der Waals surface area contributed by atoms with E-state index in [9.17, 15) is 0 Å². The molecule has 0 aromatic carbocycles. The van der Waals surface area contributed by atoms with Gasteiger partial charge in [-0.2, -0.15) is 0 Å². The summed E-state index contributed by atoms with van der Waals surface area (Å²) < 4.78 is -1.68. The van der Waals surface area contributed by atoms with Gasteiger partial charge < -0.3 is 0 Å². The molecule has 0 nitrogen and oxygen atoms in total. The topological polar surface area (TPSA) is 0 Å². The van der Waals surface area contributed by atoms with Gasteiger partial charge in [0.2, 0.25) is 0 Å². The second kappa shape index (κ2) is 2.75. The fourth-order valence-corrected chi connectivity index (χ4v) is 2.39. The summed E-state index contributed by atoms with van der Waals surface area (Å²) in [6, 6.07) is 0. The molecular weight excluding hydrogens is 214 g/mol. The Labute approximate surface area is 80.1 Å². The summed E-state index contributed by atoms with van der Waals surface area (Å²) in [5.41, 5.74) is 0. The van der Waals surface area contributed by atoms with E-state index in [0.29, 0.717) is 12.8 Å². The third-order valence-electron chi connectivity index (χ3n) is 1.27. The maximum Gasteiger partial charge on any atom is 0.139 e. The summed E-state index contributed by atoms with van der Waals surface area (Å²) in [5.74, 6) is 0. The Balaban J connectivity index is 2.73. The summed E-state index contributed by atoms with van der Waals surface area (Å²) in [4.78, 5) is 0. The van der Waals surface area contributed by atoms with Crippen molar-refractivity contribution in [2.24, 2.45) is 0 Å². The van der Waals surface area contributed by atoms with Crippen LogP contribution in [0.4, 0.5) is 0 Å². The van der Waals surface area contributed by atoms with Crippen LogP contribution in [0.5, 0.6) is 0 Å². The standard InChI is InChI=1S/C6H6Cl4/c7-5(8)2-1-3-6(9,10)4-5/h1-2H,3-4H2. The zero-order valence-electron chi connectivity index (χ0n) is 5.08. The Bertz CT molecular complexity index is 159. The fraction of sp³-hybridized carbons (Fsp3) is 0.667. The third-order valence-corrected chi connectivity index (χ3v) is 2.37. The van der Waals surface area contributed by atoms with E-state index in [0.717, 1.165) is 0 Å². The van der Waals surface area contributed by atoms with Crippen LogP contribution in [0, 0.1) is 0 Å². The summed E-state index contributed by atoms with van der Waals surface area (Å²) in [7, 11) is 0. The predicted octanol–water partition coefficient (Wildman–Crippen LogP) is 3.68. The van der Waals surface area contributed by atoms with Gasteiger partial charge in [0, 0.05) is 6.42 Å². The maximum absolute atomic E-state index is 5.80. The molecule has 0 amide bonds. The average molecular weight is 220 g/mol. The lowest BCUT2D eigenvalue weighted by Gasteiger charge is -2.28. The van der Waals surface area contributed by atoms with Gasteiger partial charge in [0.1, 0.15) is 8.67 Å². The van der Waals surface area contributed by atoms with E-state index in [-0.39, 0.29) is 0 Å². The number of hydrogen-bond donors (Lipinski definition) is 0. The first-order chi connectivity index (χ1) is 4.41. The zero-order chi connectivity index (χ0) is 7.83. The van der Waals surface area contributed by atoms with Crippen molar-refractivity contribution in [3.05, 3.63) is 12.2 Å². The van der Waals surface area contributed by atoms with Crippen molar-refractivity contribution in [3.8, 4) is 0 Å². The quantitative estimate of drug-likeness (QED) is 0.431. The van der Waals surface area contributed by atoms with E-state index < -0.39 is 8.67 Å². The van der Waals surface area contributed by atoms with E-state index in [4.69, 9.17) is 46.4 Å². The van der Waals surface area contributed by atoms with Gasteiger partial charge in [-0.25, -0.2) is 0 Å². The molecule has 0 atom stereocenters. The molecule has 0 fully saturated rings. The number of halogens is 4. The van der Waals surface area contributed by atoms with Gasteiger partial charge >= 0.3 is 0 Å². The van der Waals surface area contributed by atoms with Crippen molar-refractivity contribution in [3.63, 3.8) is 0 Å². The Morgan fingerprint density at radius 1 is 1.10 bits per heavy atom. The Hall–Kier alpha value is 0.900. The Kier molecular flexibility index (Phi) is 2.47. The van der Waals surface area contributed by atoms with Gasteiger partial charge in [0.15, 0.2) is 0 Å². The molecule has 0 heterocycles. The van der Waals surface area contributed by atoms with Crippen molar-refractivity contribution >= 4 is 46.4 Å². The van der Waals surface area contributed by atoms with Gasteiger partial charge in [-0.15, -0.1) is 23.2 Å². The van der Waals surface area contributed by atoms with Crippen LogP contribution in [0.1, 0.15) is 12.8 Å². The monoisotopic (exact) mass is 218 g/mol. The lowest BCUT2D eigenvalue weighted by Crippen LogP contribution is -2.26. The van der Waals surface area contributed by atoms with Crippen LogP contribution >= 0.6 is 46.4 Å². The highest BCUT2D eigenvalue weighted by Crippen LogP contribution is 2.44. The molecule has 4 heteroatoms. The zero-order valence-corrected chi connectivity index (χ0v) is 8.10. The number of rotatable bonds is 0. The minimum atomic E-state index is -0.887. The minimum Gasteiger partial charge on any atom is -0.101 e. The normalized spacial score (nSPS) is 28.4. The summed E-state index contributed by atoms with van der Waals surface area (Å²) in [6.07, 6.45) is 4.49. The molecule has 58 valence electrons. The van der Waals surface area contributed by atoms with Crippen molar-refractivity contribution < 1.29 is 0 Å². The first-order valence-electron chi connectivity index (χ1n) is 2.85. The summed E-state index contributed by atoms with van der Waals surface area (Å²) in [5, 5.41) is 0. The van der Waals surface area contributed by atoms with Crippen LogP contribution < -0.4 is 0 Å². The molecule has 0 aromatic rings. The molecule has 0 saturated carbocycles. The van der Waals surface area contributed by atoms with Gasteiger partial charge in [-0.3, -0.25) is 0 Å². The first-order valence-corrected chi connectivity index (χ1v) is 4.36. The molecule has 0 saturated heterocycles. The fourth-order valence-electron chi connectivity index (χ4n) is 0.880. The predicted molar refractivity (Wildman–Crippen MR) is 47.2 cm³/mol. The highest BCUT2D eigenvalue weighted by molar-refractivity contribution is 6.53. The van der Waals surface area contributed by atoms with Crippen LogP contribution in [0.15, 0.2) is 12.2 Å². The van der Waals surface area contributed by atoms with Crippen LogP contribution in [0.25, 0.3) is 0 Å². The lowest BCUT2D eigenvalue weighted by atomic mass is 10.1. The third kappa shape index (κ3) is 2.50. The van der Waals surface area contributed by atoms with Gasteiger partial charge in [-0.1, -0.05) is 35.4 Å². The van der Waals surface area contributed by atoms with Crippen molar-refractivity contribution in [2.75, 3.05) is 0 Å². The molecule has 0 radical (unpaired) electrons. The molecule has 0 N–H and O–H groups in total. The van der Waals surface area contributed by atoms with Gasteiger partial charge in [0.25, 0.3) is 0 Å². The maximum atomic E-state index is 5.80. The molecular formula is C6H6Cl4. The van der Waals surface area contributed by atoms with Crippen LogP contribution in [0.2, 0.25) is 0 Å². The number of alkyl halides is 4. The van der Waals surface area contributed by atoms with Crippen molar-refractivity contribution in [1.82, 2.24) is 0 Å². The minimum absolute atomic E-state index is 0.378. The van der Waals surface area contributed by atoms with Crippen LogP contribution in [-0.2, 0) is 0 Å². The second-order valence-corrected chi connectivity index (χ2v) is 5.58. The molecule has 0 spiro atoms. The number of allylic oxidation sites excluding steroid dienone is 2. The SMILES string of the molecule is ClC1(Cl)C=CCC(Cl)(Cl)C1. The molecule has 0 aliphatic heterocycles. The van der Waals surface area contributed by atoms with E-state index in [2.05, 4.69) is 0 Å². The Morgan fingerprint density at radius 2 is 1.70 bits per heavy atom. The molecule has 0 unspecified atom stereocenters. The van der Waals surface area contributed by atoms with E-state index >= 15 is 0 Å². The molecule has 0 aromatic heterocycles. The molecule has 1 aliphatic carbocycles.